The molecule has 1 N–H and O–H groups in total. The van der Waals surface area contributed by atoms with Gasteiger partial charge in [-0.15, -0.1) is 0 Å². The van der Waals surface area contributed by atoms with Crippen LogP contribution >= 0.6 is 23.2 Å². The average Bonchev–Trinajstić information content (AvgIpc) is 3.23. The molecule has 0 radical (unpaired) electrons. The Balaban J connectivity index is 2.02. The Morgan fingerprint density at radius 2 is 1.70 bits per heavy atom. The fourth-order valence-corrected chi connectivity index (χ4v) is 4.78. The molecule has 2 aromatic heterocycles. The highest BCUT2D eigenvalue weighted by molar-refractivity contribution is 6.34. The summed E-state index contributed by atoms with van der Waals surface area (Å²) < 4.78 is 1.94. The van der Waals surface area contributed by atoms with Crippen LogP contribution in [-0.2, 0) is 13.7 Å². The Morgan fingerprint density at radius 3 is 2.36 bits per heavy atom. The summed E-state index contributed by atoms with van der Waals surface area (Å²) in [7, 11) is 1.94. The summed E-state index contributed by atoms with van der Waals surface area (Å²) in [6.45, 7) is 1.96. The predicted molar refractivity (Wildman–Crippen MR) is 135 cm³/mol. The molecular formula is C27H21Cl2N3O. The molecule has 0 aliphatic carbocycles. The van der Waals surface area contributed by atoms with Gasteiger partial charge < -0.3 is 9.67 Å². The van der Waals surface area contributed by atoms with E-state index in [1.165, 1.54) is 0 Å². The highest BCUT2D eigenvalue weighted by Gasteiger charge is 2.23. The van der Waals surface area contributed by atoms with Crippen LogP contribution in [0, 0.1) is 6.92 Å². The quantitative estimate of drug-likeness (QED) is 0.283. The normalized spacial score (nSPS) is 11.3. The van der Waals surface area contributed by atoms with E-state index in [0.717, 1.165) is 55.5 Å². The zero-order valence-corrected chi connectivity index (χ0v) is 19.7. The smallest absolute Gasteiger partial charge is 0.139 e. The number of rotatable bonds is 4. The Bertz CT molecular complexity index is 1490. The van der Waals surface area contributed by atoms with Crippen molar-refractivity contribution >= 4 is 34.1 Å². The van der Waals surface area contributed by atoms with Crippen molar-refractivity contribution in [2.75, 3.05) is 0 Å². The van der Waals surface area contributed by atoms with Crippen LogP contribution in [0.3, 0.4) is 0 Å². The number of hydrogen-bond acceptors (Lipinski definition) is 3. The number of aliphatic hydroxyl groups excluding tert-OH is 1. The maximum Gasteiger partial charge on any atom is 0.139 e. The number of hydrogen-bond donors (Lipinski definition) is 1. The number of halogens is 2. The molecule has 0 saturated carbocycles. The molecule has 6 heteroatoms. The van der Waals surface area contributed by atoms with E-state index >= 15 is 0 Å². The summed E-state index contributed by atoms with van der Waals surface area (Å²) in [6, 6.07) is 19.8. The van der Waals surface area contributed by atoms with E-state index in [2.05, 4.69) is 30.1 Å². The zero-order valence-electron chi connectivity index (χ0n) is 18.2. The first-order valence-electron chi connectivity index (χ1n) is 10.5. The van der Waals surface area contributed by atoms with Crippen molar-refractivity contribution in [3.63, 3.8) is 0 Å². The number of aliphatic hydroxyl groups is 1. The summed E-state index contributed by atoms with van der Waals surface area (Å²) in [5, 5.41) is 12.2. The number of fused-ring (bicyclic) bond motifs is 1. The number of pyridine rings is 1. The SMILES string of the molecule is Cc1cccc(-c2c(-c3cncn3C)c(Cl)nc3ccc(CO)c(-c4ccc(Cl)cc4)c23)c1. The molecule has 2 heterocycles. The minimum atomic E-state index is -0.106. The van der Waals surface area contributed by atoms with Crippen molar-refractivity contribution in [2.45, 2.75) is 13.5 Å². The van der Waals surface area contributed by atoms with E-state index < -0.39 is 0 Å². The van der Waals surface area contributed by atoms with Gasteiger partial charge in [-0.3, -0.25) is 0 Å². The van der Waals surface area contributed by atoms with Crippen molar-refractivity contribution < 1.29 is 5.11 Å². The van der Waals surface area contributed by atoms with E-state index in [1.807, 2.05) is 54.1 Å². The molecule has 4 nitrogen and oxygen atoms in total. The van der Waals surface area contributed by atoms with Crippen LogP contribution < -0.4 is 0 Å². The van der Waals surface area contributed by atoms with Gasteiger partial charge in [0, 0.05) is 28.6 Å². The molecule has 5 rings (SSSR count). The minimum Gasteiger partial charge on any atom is -0.392 e. The van der Waals surface area contributed by atoms with Gasteiger partial charge in [0.15, 0.2) is 0 Å². The lowest BCUT2D eigenvalue weighted by atomic mass is 9.87. The first kappa shape index (κ1) is 21.7. The first-order chi connectivity index (χ1) is 16.0. The molecular weight excluding hydrogens is 453 g/mol. The molecule has 0 spiro atoms. The van der Waals surface area contributed by atoms with Crippen LogP contribution in [-0.4, -0.2) is 19.6 Å². The third kappa shape index (κ3) is 3.80. The van der Waals surface area contributed by atoms with Gasteiger partial charge in [-0.2, -0.15) is 0 Å². The molecule has 0 bridgehead atoms. The molecule has 0 unspecified atom stereocenters. The number of benzene rings is 3. The standard InChI is InChI=1S/C27H21Cl2N3O/c1-16-4-3-5-18(12-16)24-25-21(31-27(29)26(24)22-13-30-15-32(22)2)11-8-19(14-33)23(25)17-6-9-20(28)10-7-17/h3-13,15,33H,14H2,1-2H3. The molecule has 0 fully saturated rings. The monoisotopic (exact) mass is 473 g/mol. The van der Waals surface area contributed by atoms with Gasteiger partial charge in [0.25, 0.3) is 0 Å². The van der Waals surface area contributed by atoms with E-state index in [-0.39, 0.29) is 6.61 Å². The Hall–Kier alpha value is -3.18. The van der Waals surface area contributed by atoms with Crippen LogP contribution in [0.5, 0.6) is 0 Å². The molecule has 33 heavy (non-hydrogen) atoms. The molecule has 0 saturated heterocycles. The van der Waals surface area contributed by atoms with Crippen molar-refractivity contribution in [1.82, 2.24) is 14.5 Å². The summed E-state index contributed by atoms with van der Waals surface area (Å²) in [6.07, 6.45) is 3.55. The largest absolute Gasteiger partial charge is 0.392 e. The molecule has 0 amide bonds. The fourth-order valence-electron chi connectivity index (χ4n) is 4.37. The van der Waals surface area contributed by atoms with Gasteiger partial charge in [0.05, 0.1) is 30.3 Å². The van der Waals surface area contributed by atoms with Crippen LogP contribution in [0.15, 0.2) is 73.2 Å². The maximum atomic E-state index is 10.3. The van der Waals surface area contributed by atoms with Crippen molar-refractivity contribution in [3.8, 4) is 33.5 Å². The molecule has 3 aromatic carbocycles. The predicted octanol–water partition coefficient (Wildman–Crippen LogP) is 7.08. The Morgan fingerprint density at radius 1 is 0.909 bits per heavy atom. The van der Waals surface area contributed by atoms with Crippen LogP contribution in [0.2, 0.25) is 10.2 Å². The maximum absolute atomic E-state index is 10.3. The lowest BCUT2D eigenvalue weighted by Crippen LogP contribution is -2.00. The van der Waals surface area contributed by atoms with Crippen LogP contribution in [0.1, 0.15) is 11.1 Å². The van der Waals surface area contributed by atoms with Crippen molar-refractivity contribution in [2.24, 2.45) is 7.05 Å². The van der Waals surface area contributed by atoms with E-state index in [4.69, 9.17) is 28.2 Å². The van der Waals surface area contributed by atoms with Gasteiger partial charge in [0.1, 0.15) is 5.15 Å². The fraction of sp³-hybridized carbons (Fsp3) is 0.111. The zero-order chi connectivity index (χ0) is 23.1. The van der Waals surface area contributed by atoms with Crippen LogP contribution in [0.25, 0.3) is 44.4 Å². The number of nitrogens with zero attached hydrogens (tertiary/aromatic N) is 3. The van der Waals surface area contributed by atoms with Gasteiger partial charge in [0.2, 0.25) is 0 Å². The van der Waals surface area contributed by atoms with Crippen molar-refractivity contribution in [3.05, 3.63) is 94.5 Å². The third-order valence-corrected chi connectivity index (χ3v) is 6.40. The summed E-state index contributed by atoms with van der Waals surface area (Å²) in [5.41, 5.74) is 8.20. The number of imidazole rings is 1. The lowest BCUT2D eigenvalue weighted by molar-refractivity contribution is 0.282. The minimum absolute atomic E-state index is 0.106. The highest BCUT2D eigenvalue weighted by atomic mass is 35.5. The summed E-state index contributed by atoms with van der Waals surface area (Å²) in [5.74, 6) is 0. The molecule has 0 aliphatic rings. The van der Waals surface area contributed by atoms with Gasteiger partial charge >= 0.3 is 0 Å². The van der Waals surface area contributed by atoms with Crippen molar-refractivity contribution in [1.29, 1.82) is 0 Å². The molecule has 5 aromatic rings. The Labute approximate surface area is 202 Å². The van der Waals surface area contributed by atoms with Gasteiger partial charge in [-0.1, -0.05) is 71.2 Å². The first-order valence-corrected chi connectivity index (χ1v) is 11.3. The summed E-state index contributed by atoms with van der Waals surface area (Å²) in [4.78, 5) is 9.09. The summed E-state index contributed by atoms with van der Waals surface area (Å²) >= 11 is 13.0. The van der Waals surface area contributed by atoms with Gasteiger partial charge in [-0.25, -0.2) is 9.97 Å². The van der Waals surface area contributed by atoms with E-state index in [0.29, 0.717) is 10.2 Å². The second-order valence-electron chi connectivity index (χ2n) is 8.07. The third-order valence-electron chi connectivity index (χ3n) is 5.88. The molecule has 0 aliphatic heterocycles. The van der Waals surface area contributed by atoms with E-state index in [9.17, 15) is 5.11 Å². The molecule has 164 valence electrons. The second kappa shape index (κ2) is 8.64. The number of aryl methyl sites for hydroxylation is 2. The lowest BCUT2D eigenvalue weighted by Gasteiger charge is -2.20. The topological polar surface area (TPSA) is 50.9 Å². The van der Waals surface area contributed by atoms with Gasteiger partial charge in [-0.05, 0) is 47.4 Å². The average molecular weight is 474 g/mol. The Kier molecular flexibility index (Phi) is 5.67. The highest BCUT2D eigenvalue weighted by Crippen LogP contribution is 2.46. The van der Waals surface area contributed by atoms with E-state index in [1.54, 1.807) is 12.5 Å². The molecule has 0 atom stereocenters. The number of aromatic nitrogens is 3. The second-order valence-corrected chi connectivity index (χ2v) is 8.87. The van der Waals surface area contributed by atoms with Crippen LogP contribution in [0.4, 0.5) is 0 Å².